The van der Waals surface area contributed by atoms with E-state index in [1.807, 2.05) is 45.0 Å². The Hall–Kier alpha value is -3.48. The fourth-order valence-electron chi connectivity index (χ4n) is 3.73. The monoisotopic (exact) mass is 466 g/mol. The molecule has 0 aliphatic carbocycles. The maximum absolute atomic E-state index is 14.6. The number of carbonyl (C=O) groups excluding carboxylic acids is 1. The first-order valence-corrected chi connectivity index (χ1v) is 11.4. The van der Waals surface area contributed by atoms with Gasteiger partial charge in [0.1, 0.15) is 23.9 Å². The number of nitrogens with zero attached hydrogens (tertiary/aromatic N) is 2. The molecule has 0 radical (unpaired) electrons. The Bertz CT molecular complexity index is 1130. The topological polar surface area (TPSA) is 70.5 Å². The largest absolute Gasteiger partial charge is 0.497 e. The standard InChI is InChI=1S/C27H31FN2O4/c1-6-18(13-25(31)33-5)19-8-7-9-22(12-19)34-16-20-15-29-27(26(30-20)17(2)3)23-14-21(32-4)10-11-24(23)28/h7-12,14-15,17-18H,6,13,16H2,1-5H3/t18-/m1/s1. The van der Waals surface area contributed by atoms with Crippen LogP contribution < -0.4 is 9.47 Å². The van der Waals surface area contributed by atoms with E-state index in [9.17, 15) is 9.18 Å². The Morgan fingerprint density at radius 1 is 1.09 bits per heavy atom. The number of esters is 1. The lowest BCUT2D eigenvalue weighted by molar-refractivity contribution is -0.141. The fraction of sp³-hybridized carbons (Fsp3) is 0.370. The lowest BCUT2D eigenvalue weighted by Gasteiger charge is -2.16. The van der Waals surface area contributed by atoms with Crippen molar-refractivity contribution in [2.24, 2.45) is 0 Å². The van der Waals surface area contributed by atoms with E-state index in [2.05, 4.69) is 4.98 Å². The van der Waals surface area contributed by atoms with Crippen molar-refractivity contribution in [3.63, 3.8) is 0 Å². The molecule has 1 heterocycles. The molecule has 0 saturated carbocycles. The molecule has 0 saturated heterocycles. The summed E-state index contributed by atoms with van der Waals surface area (Å²) in [6.45, 7) is 6.24. The third kappa shape index (κ3) is 6.10. The maximum atomic E-state index is 14.6. The van der Waals surface area contributed by atoms with Gasteiger partial charge in [-0.15, -0.1) is 0 Å². The Kier molecular flexibility index (Phi) is 8.57. The lowest BCUT2D eigenvalue weighted by Crippen LogP contribution is -2.09. The highest BCUT2D eigenvalue weighted by Crippen LogP contribution is 2.31. The van der Waals surface area contributed by atoms with Crippen LogP contribution in [-0.2, 0) is 16.1 Å². The minimum Gasteiger partial charge on any atom is -0.497 e. The summed E-state index contributed by atoms with van der Waals surface area (Å²) in [6, 6.07) is 12.3. The number of aromatic nitrogens is 2. The zero-order valence-corrected chi connectivity index (χ0v) is 20.3. The number of hydrogen-bond donors (Lipinski definition) is 0. The summed E-state index contributed by atoms with van der Waals surface area (Å²) in [4.78, 5) is 21.0. The van der Waals surface area contributed by atoms with Gasteiger partial charge in [0.2, 0.25) is 0 Å². The third-order valence-electron chi connectivity index (χ3n) is 5.67. The highest BCUT2D eigenvalue weighted by atomic mass is 19.1. The third-order valence-corrected chi connectivity index (χ3v) is 5.67. The molecule has 0 fully saturated rings. The van der Waals surface area contributed by atoms with E-state index < -0.39 is 0 Å². The van der Waals surface area contributed by atoms with Crippen LogP contribution in [0.4, 0.5) is 4.39 Å². The van der Waals surface area contributed by atoms with Crippen molar-refractivity contribution in [2.45, 2.75) is 52.1 Å². The summed E-state index contributed by atoms with van der Waals surface area (Å²) in [5, 5.41) is 0. The normalized spacial score (nSPS) is 11.9. The molecule has 3 aromatic rings. The van der Waals surface area contributed by atoms with Gasteiger partial charge in [0.25, 0.3) is 0 Å². The summed E-state index contributed by atoms with van der Waals surface area (Å²) >= 11 is 0. The first-order valence-electron chi connectivity index (χ1n) is 11.4. The van der Waals surface area contributed by atoms with Gasteiger partial charge in [-0.05, 0) is 54.2 Å². The molecule has 0 spiro atoms. The number of rotatable bonds is 10. The summed E-state index contributed by atoms with van der Waals surface area (Å²) in [5.74, 6) is 0.701. The molecule has 0 amide bonds. The number of ether oxygens (including phenoxy) is 3. The van der Waals surface area contributed by atoms with Crippen LogP contribution in [0.2, 0.25) is 0 Å². The molecule has 2 aromatic carbocycles. The average Bonchev–Trinajstić information content (AvgIpc) is 2.86. The molecular weight excluding hydrogens is 435 g/mol. The minimum absolute atomic E-state index is 0.0278. The van der Waals surface area contributed by atoms with Gasteiger partial charge >= 0.3 is 5.97 Å². The molecule has 0 unspecified atom stereocenters. The molecule has 1 aromatic heterocycles. The molecule has 180 valence electrons. The second kappa shape index (κ2) is 11.6. The number of halogens is 1. The molecule has 0 N–H and O–H groups in total. The summed E-state index contributed by atoms with van der Waals surface area (Å²) in [5.41, 5.74) is 3.19. The molecular formula is C27H31FN2O4. The molecule has 3 rings (SSSR count). The fourth-order valence-corrected chi connectivity index (χ4v) is 3.73. The van der Waals surface area contributed by atoms with Gasteiger partial charge in [-0.1, -0.05) is 32.9 Å². The van der Waals surface area contributed by atoms with Gasteiger partial charge in [0.15, 0.2) is 0 Å². The van der Waals surface area contributed by atoms with Crippen LogP contribution >= 0.6 is 0 Å². The summed E-state index contributed by atoms with van der Waals surface area (Å²) < 4.78 is 30.6. The molecule has 34 heavy (non-hydrogen) atoms. The van der Waals surface area contributed by atoms with Gasteiger partial charge in [0, 0.05) is 5.56 Å². The van der Waals surface area contributed by atoms with E-state index >= 15 is 0 Å². The Morgan fingerprint density at radius 2 is 1.88 bits per heavy atom. The predicted octanol–water partition coefficient (Wildman–Crippen LogP) is 6.05. The van der Waals surface area contributed by atoms with Crippen molar-refractivity contribution in [1.82, 2.24) is 9.97 Å². The average molecular weight is 467 g/mol. The first kappa shape index (κ1) is 25.1. The minimum atomic E-state index is -0.379. The SMILES string of the molecule is CC[C@H](CC(=O)OC)c1cccc(OCc2cnc(-c3cc(OC)ccc3F)c(C(C)C)n2)c1. The number of carbonyl (C=O) groups is 1. The van der Waals surface area contributed by atoms with Gasteiger partial charge < -0.3 is 14.2 Å². The second-order valence-corrected chi connectivity index (χ2v) is 8.34. The number of methoxy groups -OCH3 is 2. The Morgan fingerprint density at radius 3 is 2.56 bits per heavy atom. The molecule has 6 nitrogen and oxygen atoms in total. The quantitative estimate of drug-likeness (QED) is 0.339. The van der Waals surface area contributed by atoms with Gasteiger partial charge in [-0.3, -0.25) is 14.8 Å². The van der Waals surface area contributed by atoms with Crippen molar-refractivity contribution >= 4 is 5.97 Å². The van der Waals surface area contributed by atoms with E-state index in [0.29, 0.717) is 40.6 Å². The van der Waals surface area contributed by atoms with Crippen LogP contribution in [0.3, 0.4) is 0 Å². The zero-order valence-electron chi connectivity index (χ0n) is 20.3. The molecule has 0 bridgehead atoms. The second-order valence-electron chi connectivity index (χ2n) is 8.34. The van der Waals surface area contributed by atoms with E-state index in [1.54, 1.807) is 25.4 Å². The van der Waals surface area contributed by atoms with E-state index in [-0.39, 0.29) is 30.2 Å². The summed E-state index contributed by atoms with van der Waals surface area (Å²) in [7, 11) is 2.94. The smallest absolute Gasteiger partial charge is 0.306 e. The van der Waals surface area contributed by atoms with E-state index in [1.165, 1.54) is 13.2 Å². The highest BCUT2D eigenvalue weighted by Gasteiger charge is 2.18. The van der Waals surface area contributed by atoms with Crippen LogP contribution in [0.25, 0.3) is 11.3 Å². The number of hydrogen-bond acceptors (Lipinski definition) is 6. The van der Waals surface area contributed by atoms with Crippen molar-refractivity contribution in [3.8, 4) is 22.8 Å². The highest BCUT2D eigenvalue weighted by molar-refractivity contribution is 5.70. The molecule has 0 aliphatic rings. The molecule has 7 heteroatoms. The van der Waals surface area contributed by atoms with Crippen molar-refractivity contribution in [3.05, 3.63) is 71.4 Å². The molecule has 1 atom stereocenters. The van der Waals surface area contributed by atoms with Crippen molar-refractivity contribution in [2.75, 3.05) is 14.2 Å². The first-order chi connectivity index (χ1) is 16.4. The van der Waals surface area contributed by atoms with Crippen molar-refractivity contribution < 1.29 is 23.4 Å². The van der Waals surface area contributed by atoms with Crippen LogP contribution in [0.15, 0.2) is 48.7 Å². The zero-order chi connectivity index (χ0) is 24.7. The van der Waals surface area contributed by atoms with Crippen molar-refractivity contribution in [1.29, 1.82) is 0 Å². The molecule has 0 aliphatic heterocycles. The van der Waals surface area contributed by atoms with Crippen LogP contribution in [0.1, 0.15) is 62.4 Å². The Labute approximate surface area is 200 Å². The maximum Gasteiger partial charge on any atom is 0.306 e. The van der Waals surface area contributed by atoms with Gasteiger partial charge in [0.05, 0.1) is 43.9 Å². The van der Waals surface area contributed by atoms with Gasteiger partial charge in [-0.2, -0.15) is 0 Å². The van der Waals surface area contributed by atoms with E-state index in [4.69, 9.17) is 19.2 Å². The number of benzene rings is 2. The predicted molar refractivity (Wildman–Crippen MR) is 129 cm³/mol. The van der Waals surface area contributed by atoms with E-state index in [0.717, 1.165) is 12.0 Å². The Balaban J connectivity index is 1.81. The van der Waals surface area contributed by atoms with Crippen LogP contribution in [0, 0.1) is 5.82 Å². The van der Waals surface area contributed by atoms with Gasteiger partial charge in [-0.25, -0.2) is 4.39 Å². The van der Waals surface area contributed by atoms with Crippen LogP contribution in [-0.4, -0.2) is 30.2 Å². The van der Waals surface area contributed by atoms with Crippen LogP contribution in [0.5, 0.6) is 11.5 Å². The lowest BCUT2D eigenvalue weighted by atomic mass is 9.93. The summed E-state index contributed by atoms with van der Waals surface area (Å²) in [6.07, 6.45) is 2.74.